The molecule has 0 radical (unpaired) electrons. The van der Waals surface area contributed by atoms with Crippen molar-refractivity contribution in [2.75, 3.05) is 0 Å². The van der Waals surface area contributed by atoms with Crippen LogP contribution in [0.5, 0.6) is 0 Å². The lowest BCUT2D eigenvalue weighted by Crippen LogP contribution is -2.35. The Balaban J connectivity index is 2.37. The second-order valence-electron chi connectivity index (χ2n) is 3.53. The second kappa shape index (κ2) is 6.33. The molecule has 0 aliphatic rings. The number of carboxylic acids is 1. The summed E-state index contributed by atoms with van der Waals surface area (Å²) in [5.74, 6) is -1.42. The van der Waals surface area contributed by atoms with E-state index in [9.17, 15) is 14.4 Å². The highest BCUT2D eigenvalue weighted by molar-refractivity contribution is 5.93. The van der Waals surface area contributed by atoms with Crippen LogP contribution in [0, 0.1) is 0 Å². The van der Waals surface area contributed by atoms with Gasteiger partial charge in [0.1, 0.15) is 0 Å². The fourth-order valence-electron chi connectivity index (χ4n) is 1.21. The first-order valence-corrected chi connectivity index (χ1v) is 5.17. The van der Waals surface area contributed by atoms with Crippen LogP contribution in [0.2, 0.25) is 0 Å². The first-order chi connectivity index (χ1) is 8.47. The number of hydrogen-bond acceptors (Lipinski definition) is 5. The van der Waals surface area contributed by atoms with Gasteiger partial charge in [0.2, 0.25) is 5.91 Å². The summed E-state index contributed by atoms with van der Waals surface area (Å²) in [5, 5.41) is 17.9. The molecule has 98 valence electrons. The maximum atomic E-state index is 11.1. The van der Waals surface area contributed by atoms with E-state index < -0.39 is 17.9 Å². The van der Waals surface area contributed by atoms with Crippen LogP contribution in [-0.2, 0) is 22.6 Å². The molecule has 0 bridgehead atoms. The van der Waals surface area contributed by atoms with Crippen LogP contribution in [0.4, 0.5) is 4.79 Å². The molecule has 0 unspecified atom stereocenters. The highest BCUT2D eigenvalue weighted by Crippen LogP contribution is 1.99. The van der Waals surface area contributed by atoms with Crippen molar-refractivity contribution in [1.82, 2.24) is 20.3 Å². The van der Waals surface area contributed by atoms with Gasteiger partial charge in [-0.25, -0.2) is 4.79 Å². The van der Waals surface area contributed by atoms with Gasteiger partial charge in [-0.05, 0) is 0 Å². The molecule has 1 rings (SSSR count). The number of aryl methyl sites for hydroxylation is 2. The van der Waals surface area contributed by atoms with Gasteiger partial charge < -0.3 is 10.8 Å². The number of aliphatic carboxylic acids is 1. The van der Waals surface area contributed by atoms with Gasteiger partial charge >= 0.3 is 12.0 Å². The molecule has 0 saturated carbocycles. The lowest BCUT2D eigenvalue weighted by atomic mass is 10.2. The molecule has 18 heavy (non-hydrogen) atoms. The number of carboxylic acid groups (broad SMARTS) is 1. The molecule has 3 amide bonds. The highest BCUT2D eigenvalue weighted by atomic mass is 16.4. The van der Waals surface area contributed by atoms with E-state index in [0.29, 0.717) is 5.69 Å². The van der Waals surface area contributed by atoms with Gasteiger partial charge in [0.15, 0.2) is 0 Å². The van der Waals surface area contributed by atoms with Gasteiger partial charge in [-0.15, -0.1) is 5.10 Å². The molecule has 0 saturated heterocycles. The van der Waals surface area contributed by atoms with E-state index in [4.69, 9.17) is 10.8 Å². The normalized spacial score (nSPS) is 10.0. The summed E-state index contributed by atoms with van der Waals surface area (Å²) in [6, 6.07) is -0.902. The third-order valence-corrected chi connectivity index (χ3v) is 2.01. The first kappa shape index (κ1) is 13.6. The summed E-state index contributed by atoms with van der Waals surface area (Å²) in [6.45, 7) is 0.235. The number of primary amides is 1. The lowest BCUT2D eigenvalue weighted by molar-refractivity contribution is -0.137. The molecule has 1 heterocycles. The average molecular weight is 255 g/mol. The molecule has 0 atom stereocenters. The Bertz CT molecular complexity index is 456. The predicted octanol–water partition coefficient (Wildman–Crippen LogP) is -1.12. The fourth-order valence-corrected chi connectivity index (χ4v) is 1.21. The maximum Gasteiger partial charge on any atom is 0.318 e. The molecule has 0 fully saturated rings. The largest absolute Gasteiger partial charge is 0.481 e. The van der Waals surface area contributed by atoms with Crippen molar-refractivity contribution in [2.45, 2.75) is 25.8 Å². The van der Waals surface area contributed by atoms with Crippen molar-refractivity contribution in [1.29, 1.82) is 0 Å². The van der Waals surface area contributed by atoms with Gasteiger partial charge in [0, 0.05) is 19.0 Å². The number of nitrogens with zero attached hydrogens (tertiary/aromatic N) is 3. The topological polar surface area (TPSA) is 140 Å². The van der Waals surface area contributed by atoms with Gasteiger partial charge in [-0.2, -0.15) is 0 Å². The minimum absolute atomic E-state index is 0.0269. The Morgan fingerprint density at radius 2 is 2.11 bits per heavy atom. The number of urea groups is 1. The average Bonchev–Trinajstić information content (AvgIpc) is 2.70. The van der Waals surface area contributed by atoms with Gasteiger partial charge in [0.25, 0.3) is 0 Å². The number of imide groups is 1. The molecule has 4 N–H and O–H groups in total. The van der Waals surface area contributed by atoms with E-state index in [2.05, 4.69) is 10.3 Å². The number of hydrogen-bond donors (Lipinski definition) is 3. The number of carbonyl (C=O) groups is 3. The van der Waals surface area contributed by atoms with Gasteiger partial charge in [-0.1, -0.05) is 5.21 Å². The molecule has 1 aromatic heterocycles. The molecule has 9 heteroatoms. The van der Waals surface area contributed by atoms with E-state index in [-0.39, 0.29) is 25.8 Å². The molecular formula is C9H13N5O4. The SMILES string of the molecule is NC(=O)NC(=O)CCn1cc(CCC(=O)O)nn1. The molecular weight excluding hydrogens is 242 g/mol. The fraction of sp³-hybridized carbons (Fsp3) is 0.444. The Hall–Kier alpha value is -2.45. The zero-order valence-corrected chi connectivity index (χ0v) is 9.50. The summed E-state index contributed by atoms with van der Waals surface area (Å²) in [6.07, 6.45) is 1.84. The number of nitrogens with two attached hydrogens (primary N) is 1. The van der Waals surface area contributed by atoms with Crippen LogP contribution >= 0.6 is 0 Å². The van der Waals surface area contributed by atoms with Crippen molar-refractivity contribution in [3.05, 3.63) is 11.9 Å². The molecule has 9 nitrogen and oxygen atoms in total. The minimum atomic E-state index is -0.912. The summed E-state index contributed by atoms with van der Waals surface area (Å²) >= 11 is 0. The van der Waals surface area contributed by atoms with Crippen molar-refractivity contribution in [3.8, 4) is 0 Å². The standard InChI is InChI=1S/C9H13N5O4/c10-9(18)11-7(15)3-4-14-5-6(12-13-14)1-2-8(16)17/h5H,1-4H2,(H,16,17)(H3,10,11,15,18). The van der Waals surface area contributed by atoms with Crippen LogP contribution in [0.15, 0.2) is 6.20 Å². The van der Waals surface area contributed by atoms with E-state index in [1.54, 1.807) is 6.20 Å². The summed E-state index contributed by atoms with van der Waals surface area (Å²) < 4.78 is 1.40. The zero-order valence-electron chi connectivity index (χ0n) is 9.50. The summed E-state index contributed by atoms with van der Waals surface area (Å²) in [7, 11) is 0. The third kappa shape index (κ3) is 5.05. The Kier molecular flexibility index (Phi) is 4.78. The smallest absolute Gasteiger partial charge is 0.318 e. The minimum Gasteiger partial charge on any atom is -0.481 e. The van der Waals surface area contributed by atoms with Crippen LogP contribution in [0.1, 0.15) is 18.5 Å². The molecule has 0 aromatic carbocycles. The molecule has 0 aliphatic heterocycles. The monoisotopic (exact) mass is 255 g/mol. The van der Waals surface area contributed by atoms with Crippen LogP contribution in [0.3, 0.4) is 0 Å². The molecule has 0 spiro atoms. The van der Waals surface area contributed by atoms with E-state index >= 15 is 0 Å². The maximum absolute atomic E-state index is 11.1. The van der Waals surface area contributed by atoms with Gasteiger partial charge in [-0.3, -0.25) is 19.6 Å². The van der Waals surface area contributed by atoms with Crippen LogP contribution < -0.4 is 11.1 Å². The van der Waals surface area contributed by atoms with Gasteiger partial charge in [0.05, 0.1) is 18.7 Å². The first-order valence-electron chi connectivity index (χ1n) is 5.17. The second-order valence-corrected chi connectivity index (χ2v) is 3.53. The van der Waals surface area contributed by atoms with Crippen LogP contribution in [-0.4, -0.2) is 38.0 Å². The number of rotatable bonds is 6. The third-order valence-electron chi connectivity index (χ3n) is 2.01. The number of aromatic nitrogens is 3. The Morgan fingerprint density at radius 1 is 1.39 bits per heavy atom. The summed E-state index contributed by atoms with van der Waals surface area (Å²) in [4.78, 5) is 31.8. The number of nitrogens with one attached hydrogen (secondary N) is 1. The Morgan fingerprint density at radius 3 is 2.72 bits per heavy atom. The van der Waals surface area contributed by atoms with Crippen molar-refractivity contribution in [3.63, 3.8) is 0 Å². The van der Waals surface area contributed by atoms with E-state index in [0.717, 1.165) is 0 Å². The zero-order chi connectivity index (χ0) is 13.5. The van der Waals surface area contributed by atoms with Crippen molar-refractivity contribution in [2.24, 2.45) is 5.73 Å². The quantitative estimate of drug-likeness (QED) is 0.588. The van der Waals surface area contributed by atoms with E-state index in [1.807, 2.05) is 5.32 Å². The number of carbonyl (C=O) groups excluding carboxylic acids is 2. The molecule has 0 aliphatic carbocycles. The molecule has 1 aromatic rings. The number of amides is 3. The van der Waals surface area contributed by atoms with Crippen molar-refractivity contribution >= 4 is 17.9 Å². The van der Waals surface area contributed by atoms with E-state index in [1.165, 1.54) is 4.68 Å². The Labute approximate surface area is 102 Å². The highest BCUT2D eigenvalue weighted by Gasteiger charge is 2.07. The summed E-state index contributed by atoms with van der Waals surface area (Å²) in [5.41, 5.74) is 5.31. The van der Waals surface area contributed by atoms with Crippen molar-refractivity contribution < 1.29 is 19.5 Å². The van der Waals surface area contributed by atoms with Crippen LogP contribution in [0.25, 0.3) is 0 Å². The predicted molar refractivity (Wildman–Crippen MR) is 58.3 cm³/mol. The lowest BCUT2D eigenvalue weighted by Gasteiger charge is -2.00.